The van der Waals surface area contributed by atoms with Crippen LogP contribution in [0.4, 0.5) is 11.5 Å². The molecule has 11 heteroatoms. The maximum atomic E-state index is 11.0. The first-order valence-corrected chi connectivity index (χ1v) is 14.4. The number of aromatic nitrogens is 2. The third-order valence-electron chi connectivity index (χ3n) is 7.54. The molecule has 4 aromatic rings. The zero-order chi connectivity index (χ0) is 28.9. The second-order valence-corrected chi connectivity index (χ2v) is 10.9. The third kappa shape index (κ3) is 6.95. The van der Waals surface area contributed by atoms with E-state index in [1.165, 1.54) is 17.4 Å². The third-order valence-corrected chi connectivity index (χ3v) is 7.79. The topological polar surface area (TPSA) is 95.1 Å². The highest BCUT2D eigenvalue weighted by atomic mass is 35.5. The molecule has 42 heavy (non-hydrogen) atoms. The molecule has 0 N–H and O–H groups in total. The maximum Gasteiger partial charge on any atom is 0.414 e. The van der Waals surface area contributed by atoms with Gasteiger partial charge in [0, 0.05) is 61.4 Å². The Labute approximate surface area is 249 Å². The van der Waals surface area contributed by atoms with Gasteiger partial charge < -0.3 is 29.2 Å². The molecule has 3 aromatic carbocycles. The number of hydrogen-bond acceptors (Lipinski definition) is 8. The summed E-state index contributed by atoms with van der Waals surface area (Å²) in [4.78, 5) is 19.2. The number of halogens is 1. The minimum absolute atomic E-state index is 0.200. The number of benzene rings is 3. The van der Waals surface area contributed by atoms with Crippen LogP contribution in [0.5, 0.6) is 17.5 Å². The van der Waals surface area contributed by atoms with Crippen molar-refractivity contribution in [1.29, 1.82) is 0 Å². The number of fused-ring (bicyclic) bond motifs is 1. The summed E-state index contributed by atoms with van der Waals surface area (Å²) in [6, 6.07) is 24.4. The van der Waals surface area contributed by atoms with E-state index in [1.807, 2.05) is 48.5 Å². The predicted octanol–water partition coefficient (Wildman–Crippen LogP) is 5.58. The fourth-order valence-electron chi connectivity index (χ4n) is 5.14. The van der Waals surface area contributed by atoms with Crippen LogP contribution in [0, 0.1) is 10.1 Å². The lowest BCUT2D eigenvalue weighted by Crippen LogP contribution is -2.45. The molecule has 0 aliphatic carbocycles. The molecule has 1 fully saturated rings. The average molecular weight is 590 g/mol. The predicted molar refractivity (Wildman–Crippen MR) is 160 cm³/mol. The number of piperazine rings is 1. The monoisotopic (exact) mass is 589 g/mol. The van der Waals surface area contributed by atoms with Crippen molar-refractivity contribution >= 4 is 23.1 Å². The van der Waals surface area contributed by atoms with Gasteiger partial charge in [-0.15, -0.1) is 0 Å². The summed E-state index contributed by atoms with van der Waals surface area (Å²) in [6.07, 6.45) is 1.90. The Morgan fingerprint density at radius 2 is 1.55 bits per heavy atom. The molecule has 1 atom stereocenters. The first kappa shape index (κ1) is 27.9. The van der Waals surface area contributed by atoms with Gasteiger partial charge in [-0.2, -0.15) is 0 Å². The molecular formula is C31H32ClN5O5. The van der Waals surface area contributed by atoms with Gasteiger partial charge in [-0.3, -0.25) is 9.47 Å². The smallest absolute Gasteiger partial charge is 0.414 e. The Balaban J connectivity index is 0.923. The van der Waals surface area contributed by atoms with Crippen molar-refractivity contribution in [3.63, 3.8) is 0 Å². The van der Waals surface area contributed by atoms with Crippen LogP contribution in [0.25, 0.3) is 0 Å². The zero-order valence-corrected chi connectivity index (χ0v) is 23.9. The van der Waals surface area contributed by atoms with Gasteiger partial charge in [0.25, 0.3) is 0 Å². The molecule has 6 rings (SSSR count). The van der Waals surface area contributed by atoms with Crippen LogP contribution in [-0.2, 0) is 19.7 Å². The van der Waals surface area contributed by atoms with Gasteiger partial charge in [0.2, 0.25) is 0 Å². The molecule has 10 nitrogen and oxygen atoms in total. The van der Waals surface area contributed by atoms with E-state index >= 15 is 0 Å². The number of anilines is 1. The number of hydrogen-bond donors (Lipinski definition) is 0. The summed E-state index contributed by atoms with van der Waals surface area (Å²) >= 11 is 5.95. The summed E-state index contributed by atoms with van der Waals surface area (Å²) in [5, 5.41) is 11.7. The molecule has 0 saturated carbocycles. The summed E-state index contributed by atoms with van der Waals surface area (Å²) in [5.41, 5.74) is 3.53. The van der Waals surface area contributed by atoms with E-state index < -0.39 is 4.92 Å². The Kier molecular flexibility index (Phi) is 8.43. The normalized spacial score (nSPS) is 16.9. The average Bonchev–Trinajstić information content (AvgIpc) is 3.45. The highest BCUT2D eigenvalue weighted by Crippen LogP contribution is 2.26. The summed E-state index contributed by atoms with van der Waals surface area (Å²) in [7, 11) is 0. The Morgan fingerprint density at radius 3 is 2.26 bits per heavy atom. The SMILES string of the molecule is O=[N+]([O-])c1cn2c(n1)O[C@H](COc1ccc(N3CCN(Cc4ccc(OCc5ccc(Cl)cc5)cc4)CC3)cc1)CC2. The van der Waals surface area contributed by atoms with Crippen LogP contribution in [-0.4, -0.2) is 58.3 Å². The molecule has 2 aliphatic rings. The highest BCUT2D eigenvalue weighted by molar-refractivity contribution is 6.30. The Hall–Kier alpha value is -4.28. The van der Waals surface area contributed by atoms with Crippen molar-refractivity contribution in [2.24, 2.45) is 0 Å². The van der Waals surface area contributed by atoms with Crippen LogP contribution in [0.1, 0.15) is 17.5 Å². The molecule has 3 heterocycles. The van der Waals surface area contributed by atoms with E-state index in [4.69, 9.17) is 25.8 Å². The minimum atomic E-state index is -0.512. The summed E-state index contributed by atoms with van der Waals surface area (Å²) in [6.45, 7) is 6.28. The second kappa shape index (κ2) is 12.7. The molecule has 1 saturated heterocycles. The van der Waals surface area contributed by atoms with Crippen molar-refractivity contribution in [3.05, 3.63) is 105 Å². The molecular weight excluding hydrogens is 558 g/mol. The van der Waals surface area contributed by atoms with Gasteiger partial charge >= 0.3 is 11.8 Å². The summed E-state index contributed by atoms with van der Waals surface area (Å²) in [5.74, 6) is 1.42. The molecule has 0 bridgehead atoms. The van der Waals surface area contributed by atoms with Gasteiger partial charge in [-0.25, -0.2) is 0 Å². The number of imidazole rings is 1. The largest absolute Gasteiger partial charge is 0.490 e. The lowest BCUT2D eigenvalue weighted by molar-refractivity contribution is -0.389. The van der Waals surface area contributed by atoms with E-state index in [9.17, 15) is 10.1 Å². The second-order valence-electron chi connectivity index (χ2n) is 10.5. The van der Waals surface area contributed by atoms with Crippen LogP contribution < -0.4 is 19.1 Å². The first-order chi connectivity index (χ1) is 20.5. The fourth-order valence-corrected chi connectivity index (χ4v) is 5.27. The van der Waals surface area contributed by atoms with E-state index in [2.05, 4.69) is 39.0 Å². The van der Waals surface area contributed by atoms with E-state index in [0.717, 1.165) is 54.8 Å². The molecule has 2 aliphatic heterocycles. The van der Waals surface area contributed by atoms with Gasteiger partial charge in [0.05, 0.1) is 0 Å². The van der Waals surface area contributed by atoms with Crippen LogP contribution in [0.3, 0.4) is 0 Å². The van der Waals surface area contributed by atoms with E-state index in [0.29, 0.717) is 26.2 Å². The quantitative estimate of drug-likeness (QED) is 0.175. The van der Waals surface area contributed by atoms with Crippen molar-refractivity contribution < 1.29 is 19.1 Å². The van der Waals surface area contributed by atoms with Gasteiger partial charge in [0.1, 0.15) is 37.0 Å². The molecule has 0 radical (unpaired) electrons. The molecule has 1 aromatic heterocycles. The van der Waals surface area contributed by atoms with Crippen molar-refractivity contribution in [1.82, 2.24) is 14.5 Å². The van der Waals surface area contributed by atoms with Gasteiger partial charge in [-0.1, -0.05) is 35.9 Å². The number of nitro groups is 1. The standard InChI is InChI=1S/C31H32ClN5O5/c32-25-5-1-24(2-6-25)21-40-27-9-3-23(4-10-27)19-34-15-17-35(18-16-34)26-7-11-28(12-8-26)41-22-29-13-14-36-20-30(37(38)39)33-31(36)42-29/h1-12,20,29H,13-19,21-22H2/t29-/m0/s1. The van der Waals surface area contributed by atoms with Crippen molar-refractivity contribution in [3.8, 4) is 17.5 Å². The van der Waals surface area contributed by atoms with Crippen LogP contribution in [0.2, 0.25) is 5.02 Å². The molecule has 218 valence electrons. The number of rotatable bonds is 10. The Bertz CT molecular complexity index is 1490. The molecule has 0 amide bonds. The zero-order valence-electron chi connectivity index (χ0n) is 23.1. The van der Waals surface area contributed by atoms with Crippen molar-refractivity contribution in [2.75, 3.05) is 37.7 Å². The lowest BCUT2D eigenvalue weighted by atomic mass is 10.1. The van der Waals surface area contributed by atoms with Crippen molar-refractivity contribution in [2.45, 2.75) is 32.2 Å². The Morgan fingerprint density at radius 1 is 0.881 bits per heavy atom. The van der Waals surface area contributed by atoms with Gasteiger partial charge in [-0.05, 0) is 64.6 Å². The number of nitrogens with zero attached hydrogens (tertiary/aromatic N) is 5. The van der Waals surface area contributed by atoms with E-state index in [1.54, 1.807) is 4.57 Å². The number of aryl methyl sites for hydroxylation is 1. The number of ether oxygens (including phenoxy) is 3. The lowest BCUT2D eigenvalue weighted by Gasteiger charge is -2.36. The highest BCUT2D eigenvalue weighted by Gasteiger charge is 2.28. The first-order valence-electron chi connectivity index (χ1n) is 14.0. The fraction of sp³-hybridized carbons (Fsp3) is 0.323. The van der Waals surface area contributed by atoms with E-state index in [-0.39, 0.29) is 17.9 Å². The molecule has 0 spiro atoms. The summed E-state index contributed by atoms with van der Waals surface area (Å²) < 4.78 is 19.3. The van der Waals surface area contributed by atoms with Crippen LogP contribution >= 0.6 is 11.6 Å². The molecule has 0 unspecified atom stereocenters. The van der Waals surface area contributed by atoms with Gasteiger partial charge in [0.15, 0.2) is 0 Å². The van der Waals surface area contributed by atoms with Crippen LogP contribution in [0.15, 0.2) is 79.0 Å². The maximum absolute atomic E-state index is 11.0. The minimum Gasteiger partial charge on any atom is -0.490 e.